The molecule has 0 aliphatic carbocycles. The fourth-order valence-corrected chi connectivity index (χ4v) is 2.78. The minimum absolute atomic E-state index is 0.160. The van der Waals surface area contributed by atoms with Gasteiger partial charge in [0.15, 0.2) is 5.78 Å². The standard InChI is InChI=1S/C18H12ClFINO3/c19-18(24)10-25-9-17(23)15-4-1-11(8-22)5-13(15)6-12-2-3-14(21)7-16(12)20/h1-5,7H,6,9-10H2. The molecule has 0 N–H and O–H groups in total. The molecule has 0 bridgehead atoms. The summed E-state index contributed by atoms with van der Waals surface area (Å²) in [4.78, 5) is 23.0. The summed E-state index contributed by atoms with van der Waals surface area (Å²) in [6.07, 6.45) is 0.160. The molecule has 0 aromatic heterocycles. The zero-order chi connectivity index (χ0) is 18.4. The molecular formula is C18H12ClFINO3. The Kier molecular flexibility index (Phi) is 7.05. The number of benzene rings is 2. The summed E-state index contributed by atoms with van der Waals surface area (Å²) in [6.45, 7) is -0.697. The fourth-order valence-electron chi connectivity index (χ4n) is 2.25. The summed E-state index contributed by atoms with van der Waals surface area (Å²) >= 11 is 7.17. The zero-order valence-electron chi connectivity index (χ0n) is 12.9. The van der Waals surface area contributed by atoms with Gasteiger partial charge in [-0.25, -0.2) is 4.39 Å². The highest BCUT2D eigenvalue weighted by atomic mass is 127. The van der Waals surface area contributed by atoms with Gasteiger partial charge in [-0.1, -0.05) is 6.07 Å². The summed E-state index contributed by atoms with van der Waals surface area (Å²) in [5, 5.41) is 8.36. The number of carbonyl (C=O) groups is 2. The first-order valence-corrected chi connectivity index (χ1v) is 8.62. The van der Waals surface area contributed by atoms with E-state index >= 15 is 0 Å². The molecule has 0 aliphatic rings. The van der Waals surface area contributed by atoms with Crippen LogP contribution in [0.5, 0.6) is 0 Å². The first-order chi connectivity index (χ1) is 11.9. The van der Waals surface area contributed by atoms with Gasteiger partial charge >= 0.3 is 0 Å². The maximum absolute atomic E-state index is 14.1. The quantitative estimate of drug-likeness (QED) is 0.349. The Labute approximate surface area is 162 Å². The first-order valence-electron chi connectivity index (χ1n) is 7.17. The Morgan fingerprint density at radius 2 is 1.92 bits per heavy atom. The van der Waals surface area contributed by atoms with Crippen LogP contribution in [-0.4, -0.2) is 24.2 Å². The molecule has 2 rings (SSSR count). The second-order valence-electron chi connectivity index (χ2n) is 5.17. The van der Waals surface area contributed by atoms with E-state index in [0.29, 0.717) is 22.3 Å². The van der Waals surface area contributed by atoms with Crippen LogP contribution in [0.3, 0.4) is 0 Å². The smallest absolute Gasteiger partial charge is 0.247 e. The normalized spacial score (nSPS) is 10.3. The van der Waals surface area contributed by atoms with E-state index in [2.05, 4.69) is 0 Å². The van der Waals surface area contributed by atoms with Crippen LogP contribution < -0.4 is 0 Å². The number of nitriles is 1. The van der Waals surface area contributed by atoms with Crippen LogP contribution in [0.1, 0.15) is 27.0 Å². The van der Waals surface area contributed by atoms with E-state index in [4.69, 9.17) is 21.6 Å². The van der Waals surface area contributed by atoms with Gasteiger partial charge in [0.05, 0.1) is 11.6 Å². The molecule has 7 heteroatoms. The van der Waals surface area contributed by atoms with Gasteiger partial charge < -0.3 is 4.74 Å². The molecular weight excluding hydrogens is 460 g/mol. The number of rotatable bonds is 7. The molecule has 2 aromatic carbocycles. The Morgan fingerprint density at radius 1 is 1.16 bits per heavy atom. The highest BCUT2D eigenvalue weighted by molar-refractivity contribution is 14.1. The number of ketones is 1. The monoisotopic (exact) mass is 471 g/mol. The van der Waals surface area contributed by atoms with Crippen molar-refractivity contribution in [3.63, 3.8) is 0 Å². The Hall–Kier alpha value is -1.82. The van der Waals surface area contributed by atoms with Crippen molar-refractivity contribution < 1.29 is 18.7 Å². The Bertz CT molecular complexity index is 864. The van der Waals surface area contributed by atoms with E-state index in [0.717, 1.165) is 3.57 Å². The molecule has 0 atom stereocenters. The van der Waals surface area contributed by atoms with E-state index < -0.39 is 5.24 Å². The van der Waals surface area contributed by atoms with Gasteiger partial charge in [-0.2, -0.15) is 5.26 Å². The molecule has 25 heavy (non-hydrogen) atoms. The molecule has 0 saturated heterocycles. The number of nitrogens with zero attached hydrogens (tertiary/aromatic N) is 1. The van der Waals surface area contributed by atoms with Gasteiger partial charge in [-0.15, -0.1) is 0 Å². The predicted octanol–water partition coefficient (Wildman–Crippen LogP) is 3.86. The molecule has 0 saturated carbocycles. The molecule has 0 unspecified atom stereocenters. The van der Waals surface area contributed by atoms with Crippen LogP contribution in [0.2, 0.25) is 0 Å². The summed E-state index contributed by atoms with van der Waals surface area (Å²) in [6, 6.07) is 11.4. The fraction of sp³-hybridized carbons (Fsp3) is 0.167. The maximum Gasteiger partial charge on any atom is 0.247 e. The minimum Gasteiger partial charge on any atom is -0.364 e. The Morgan fingerprint density at radius 3 is 2.56 bits per heavy atom. The van der Waals surface area contributed by atoms with Crippen molar-refractivity contribution in [2.45, 2.75) is 6.42 Å². The number of Topliss-reactive ketones (excluding diaryl/α,β-unsaturated/α-hetero) is 1. The molecule has 0 aliphatic heterocycles. The molecule has 0 radical (unpaired) electrons. The van der Waals surface area contributed by atoms with Gasteiger partial charge in [-0.3, -0.25) is 9.59 Å². The first kappa shape index (κ1) is 19.5. The van der Waals surface area contributed by atoms with Crippen molar-refractivity contribution in [2.24, 2.45) is 0 Å². The lowest BCUT2D eigenvalue weighted by Gasteiger charge is -2.11. The minimum atomic E-state index is -0.700. The highest BCUT2D eigenvalue weighted by Crippen LogP contribution is 2.20. The lowest BCUT2D eigenvalue weighted by Crippen LogP contribution is -2.14. The summed E-state index contributed by atoms with van der Waals surface area (Å²) < 4.78 is 19.8. The topological polar surface area (TPSA) is 67.2 Å². The summed E-state index contributed by atoms with van der Waals surface area (Å²) in [5.74, 6) is -0.750. The number of halogens is 3. The van der Waals surface area contributed by atoms with E-state index in [1.807, 2.05) is 28.7 Å². The third-order valence-corrected chi connectivity index (χ3v) is 4.16. The largest absolute Gasteiger partial charge is 0.364 e. The van der Waals surface area contributed by atoms with Crippen molar-refractivity contribution in [2.75, 3.05) is 13.2 Å². The van der Waals surface area contributed by atoms with Crippen LogP contribution in [0, 0.1) is 20.7 Å². The zero-order valence-corrected chi connectivity index (χ0v) is 15.8. The van der Waals surface area contributed by atoms with Crippen molar-refractivity contribution in [1.82, 2.24) is 0 Å². The Balaban J connectivity index is 2.30. The van der Waals surface area contributed by atoms with Gasteiger partial charge in [0.2, 0.25) is 5.24 Å². The lowest BCUT2D eigenvalue weighted by atomic mass is 9.95. The third-order valence-electron chi connectivity index (χ3n) is 3.38. The van der Waals surface area contributed by atoms with Crippen LogP contribution in [0.15, 0.2) is 36.4 Å². The SMILES string of the molecule is N#Cc1ccc(C(=O)COCC(=O)Cl)c(Cc2ccc(I)cc2F)c1. The second-order valence-corrected chi connectivity index (χ2v) is 6.83. The third kappa shape index (κ3) is 5.59. The average Bonchev–Trinajstić information content (AvgIpc) is 2.56. The van der Waals surface area contributed by atoms with Crippen LogP contribution in [0.4, 0.5) is 4.39 Å². The number of carbonyl (C=O) groups excluding carboxylic acids is 2. The van der Waals surface area contributed by atoms with Crippen LogP contribution >= 0.6 is 34.2 Å². The van der Waals surface area contributed by atoms with Gasteiger partial charge in [0.1, 0.15) is 19.0 Å². The van der Waals surface area contributed by atoms with Crippen molar-refractivity contribution in [1.29, 1.82) is 5.26 Å². The average molecular weight is 472 g/mol. The molecule has 0 spiro atoms. The maximum atomic E-state index is 14.1. The molecule has 2 aromatic rings. The lowest BCUT2D eigenvalue weighted by molar-refractivity contribution is -0.115. The summed E-state index contributed by atoms with van der Waals surface area (Å²) in [7, 11) is 0. The number of hydrogen-bond acceptors (Lipinski definition) is 4. The van der Waals surface area contributed by atoms with E-state index in [-0.39, 0.29) is 31.2 Å². The summed E-state index contributed by atoms with van der Waals surface area (Å²) in [5.41, 5.74) is 1.62. The molecule has 0 fully saturated rings. The highest BCUT2D eigenvalue weighted by Gasteiger charge is 2.15. The van der Waals surface area contributed by atoms with Crippen LogP contribution in [0.25, 0.3) is 0 Å². The second kappa shape index (κ2) is 9.04. The van der Waals surface area contributed by atoms with E-state index in [9.17, 15) is 14.0 Å². The van der Waals surface area contributed by atoms with Crippen molar-refractivity contribution in [3.05, 3.63) is 68.0 Å². The molecule has 0 heterocycles. The van der Waals surface area contributed by atoms with E-state index in [1.165, 1.54) is 18.2 Å². The number of ether oxygens (including phenoxy) is 1. The molecule has 0 amide bonds. The van der Waals surface area contributed by atoms with Crippen molar-refractivity contribution >= 4 is 45.2 Å². The van der Waals surface area contributed by atoms with Gasteiger partial charge in [0, 0.05) is 15.6 Å². The van der Waals surface area contributed by atoms with E-state index in [1.54, 1.807) is 18.2 Å². The van der Waals surface area contributed by atoms with Gasteiger partial charge in [0.25, 0.3) is 0 Å². The number of hydrogen-bond donors (Lipinski definition) is 0. The van der Waals surface area contributed by atoms with Crippen molar-refractivity contribution in [3.8, 4) is 6.07 Å². The van der Waals surface area contributed by atoms with Gasteiger partial charge in [-0.05, 0) is 75.7 Å². The molecule has 4 nitrogen and oxygen atoms in total. The molecule has 128 valence electrons. The van der Waals surface area contributed by atoms with Crippen LogP contribution in [-0.2, 0) is 16.0 Å². The predicted molar refractivity (Wildman–Crippen MR) is 99.1 cm³/mol.